The summed E-state index contributed by atoms with van der Waals surface area (Å²) in [5.41, 5.74) is -0.325. The number of sulfonamides is 1. The lowest BCUT2D eigenvalue weighted by Crippen LogP contribution is -2.56. The lowest BCUT2D eigenvalue weighted by molar-refractivity contribution is -0.140. The van der Waals surface area contributed by atoms with Crippen molar-refractivity contribution in [2.45, 2.75) is 63.3 Å². The van der Waals surface area contributed by atoms with Gasteiger partial charge in [-0.25, -0.2) is 8.42 Å². The number of aryl methyl sites for hydroxylation is 1. The summed E-state index contributed by atoms with van der Waals surface area (Å²) in [5.74, 6) is -1.38. The van der Waals surface area contributed by atoms with Crippen LogP contribution in [0.15, 0.2) is 102 Å². The number of rotatable bonds is 11. The van der Waals surface area contributed by atoms with Crippen molar-refractivity contribution in [3.63, 3.8) is 0 Å². The van der Waals surface area contributed by atoms with E-state index in [-0.39, 0.29) is 28.6 Å². The molecule has 0 aliphatic rings. The smallest absolute Gasteiger partial charge is 0.350 e. The molecular weight excluding hydrogens is 698 g/mol. The predicted octanol–water partition coefficient (Wildman–Crippen LogP) is 8.07. The third kappa shape index (κ3) is 9.99. The van der Waals surface area contributed by atoms with E-state index < -0.39 is 51.7 Å². The van der Waals surface area contributed by atoms with E-state index in [1.54, 1.807) is 82.3 Å². The van der Waals surface area contributed by atoms with E-state index in [1.165, 1.54) is 29.2 Å². The van der Waals surface area contributed by atoms with E-state index in [0.29, 0.717) is 26.5 Å². The maximum Gasteiger partial charge on any atom is 0.416 e. The number of halogens is 5. The fourth-order valence-corrected chi connectivity index (χ4v) is 6.92. The molecule has 2 amide bonds. The van der Waals surface area contributed by atoms with Crippen molar-refractivity contribution in [2.24, 2.45) is 0 Å². The van der Waals surface area contributed by atoms with E-state index in [9.17, 15) is 31.2 Å². The highest BCUT2D eigenvalue weighted by atomic mass is 35.5. The Labute approximate surface area is 294 Å². The van der Waals surface area contributed by atoms with E-state index in [4.69, 9.17) is 23.2 Å². The Hall–Kier alpha value is -4.06. The molecule has 0 aromatic heterocycles. The third-order valence-corrected chi connectivity index (χ3v) is 9.85. The van der Waals surface area contributed by atoms with Crippen LogP contribution in [-0.4, -0.2) is 43.3 Å². The molecule has 4 aromatic carbocycles. The zero-order valence-corrected chi connectivity index (χ0v) is 29.6. The topological polar surface area (TPSA) is 86.8 Å². The number of benzene rings is 4. The normalized spacial score (nSPS) is 12.7. The fraction of sp³-hybridized carbons (Fsp3) is 0.278. The number of hydrogen-bond acceptors (Lipinski definition) is 4. The molecule has 0 aliphatic heterocycles. The molecule has 0 heterocycles. The second kappa shape index (κ2) is 15.2. The summed E-state index contributed by atoms with van der Waals surface area (Å²) in [4.78, 5) is 29.5. The Morgan fingerprint density at radius 2 is 1.51 bits per heavy atom. The van der Waals surface area contributed by atoms with Crippen LogP contribution in [0.2, 0.25) is 10.0 Å². The summed E-state index contributed by atoms with van der Waals surface area (Å²) in [7, 11) is -4.61. The molecule has 49 heavy (non-hydrogen) atoms. The number of carbonyl (C=O) groups is 2. The van der Waals surface area contributed by atoms with Crippen LogP contribution >= 0.6 is 23.2 Å². The minimum atomic E-state index is -4.79. The second-order valence-electron chi connectivity index (χ2n) is 12.6. The molecule has 0 spiro atoms. The van der Waals surface area contributed by atoms with Gasteiger partial charge >= 0.3 is 6.18 Å². The number of nitrogens with one attached hydrogen (secondary N) is 1. The molecule has 260 valence electrons. The largest absolute Gasteiger partial charge is 0.416 e. The number of nitrogens with zero attached hydrogens (tertiary/aromatic N) is 2. The van der Waals surface area contributed by atoms with Crippen molar-refractivity contribution >= 4 is 50.7 Å². The zero-order valence-electron chi connectivity index (χ0n) is 27.3. The van der Waals surface area contributed by atoms with Gasteiger partial charge in [0.25, 0.3) is 10.0 Å². The Morgan fingerprint density at radius 3 is 2.10 bits per heavy atom. The third-order valence-electron chi connectivity index (χ3n) is 7.47. The number of alkyl halides is 3. The van der Waals surface area contributed by atoms with E-state index in [1.807, 2.05) is 0 Å². The fourth-order valence-electron chi connectivity index (χ4n) is 5.04. The van der Waals surface area contributed by atoms with Gasteiger partial charge in [0, 0.05) is 28.5 Å². The van der Waals surface area contributed by atoms with Crippen LogP contribution in [0.25, 0.3) is 0 Å². The maximum atomic E-state index is 14.6. The molecule has 0 saturated heterocycles. The highest BCUT2D eigenvalue weighted by molar-refractivity contribution is 7.92. The Bertz CT molecular complexity index is 1900. The van der Waals surface area contributed by atoms with Crippen molar-refractivity contribution in [3.8, 4) is 0 Å². The van der Waals surface area contributed by atoms with Gasteiger partial charge in [-0.3, -0.25) is 13.9 Å². The van der Waals surface area contributed by atoms with Crippen LogP contribution in [-0.2, 0) is 38.8 Å². The first-order valence-corrected chi connectivity index (χ1v) is 17.4. The van der Waals surface area contributed by atoms with E-state index in [2.05, 4.69) is 5.32 Å². The van der Waals surface area contributed by atoms with Gasteiger partial charge in [0.15, 0.2) is 0 Å². The summed E-state index contributed by atoms with van der Waals surface area (Å²) in [5, 5.41) is 3.44. The van der Waals surface area contributed by atoms with Crippen molar-refractivity contribution in [2.75, 3.05) is 10.8 Å². The SMILES string of the molecule is Cc1ccc(S(=O)(=O)N(CC(=O)N(Cc2ccc(Cl)cc2Cl)C(Cc2ccccc2)C(=O)NC(C)(C)C)c2cccc(C(F)(F)F)c2)cc1. The minimum Gasteiger partial charge on any atom is -0.350 e. The minimum absolute atomic E-state index is 0.0357. The number of hydrogen-bond donors (Lipinski definition) is 1. The first kappa shape index (κ1) is 37.8. The quantitative estimate of drug-likeness (QED) is 0.169. The molecule has 0 aliphatic carbocycles. The van der Waals surface area contributed by atoms with Crippen LogP contribution in [0.4, 0.5) is 18.9 Å². The molecule has 0 radical (unpaired) electrons. The van der Waals surface area contributed by atoms with Crippen molar-refractivity contribution in [1.82, 2.24) is 10.2 Å². The lowest BCUT2D eigenvalue weighted by atomic mass is 10.0. The van der Waals surface area contributed by atoms with Crippen LogP contribution < -0.4 is 9.62 Å². The maximum absolute atomic E-state index is 14.6. The Balaban J connectivity index is 1.88. The van der Waals surface area contributed by atoms with Gasteiger partial charge in [-0.05, 0) is 81.3 Å². The summed E-state index contributed by atoms with van der Waals surface area (Å²) in [6.07, 6.45) is -4.75. The summed E-state index contributed by atoms with van der Waals surface area (Å²) in [6, 6.07) is 21.8. The van der Waals surface area contributed by atoms with Gasteiger partial charge < -0.3 is 10.2 Å². The van der Waals surface area contributed by atoms with Crippen LogP contribution in [0.1, 0.15) is 43.0 Å². The van der Waals surface area contributed by atoms with E-state index in [0.717, 1.165) is 17.7 Å². The molecule has 4 aromatic rings. The molecule has 0 fully saturated rings. The molecule has 7 nitrogen and oxygen atoms in total. The van der Waals surface area contributed by atoms with Gasteiger partial charge in [-0.1, -0.05) is 83.4 Å². The van der Waals surface area contributed by atoms with Crippen molar-refractivity contribution in [1.29, 1.82) is 0 Å². The first-order valence-electron chi connectivity index (χ1n) is 15.2. The summed E-state index contributed by atoms with van der Waals surface area (Å²) >= 11 is 12.6. The molecule has 1 unspecified atom stereocenters. The average Bonchev–Trinajstić information content (AvgIpc) is 3.01. The van der Waals surface area contributed by atoms with Gasteiger partial charge in [-0.15, -0.1) is 0 Å². The molecule has 13 heteroatoms. The molecule has 0 saturated carbocycles. The predicted molar refractivity (Wildman–Crippen MR) is 186 cm³/mol. The summed E-state index contributed by atoms with van der Waals surface area (Å²) < 4.78 is 70.4. The number of amides is 2. The van der Waals surface area contributed by atoms with Crippen LogP contribution in [0.5, 0.6) is 0 Å². The first-order chi connectivity index (χ1) is 22.8. The molecular formula is C36H36Cl2F3N3O4S. The van der Waals surface area contributed by atoms with Gasteiger partial charge in [0.2, 0.25) is 11.8 Å². The standard InChI is InChI=1S/C36H36Cl2F3N3O4S/c1-24-13-17-30(18-14-24)49(47,48)44(29-12-8-11-27(20-29)36(39,40)41)23-33(45)43(22-26-15-16-28(37)21-31(26)38)32(34(46)42-35(2,3)4)19-25-9-6-5-7-10-25/h5-18,20-21,32H,19,22-23H2,1-4H3,(H,42,46). The number of carbonyl (C=O) groups excluding carboxylic acids is 2. The van der Waals surface area contributed by atoms with Gasteiger partial charge in [0.05, 0.1) is 16.1 Å². The molecule has 1 atom stereocenters. The zero-order chi connectivity index (χ0) is 36.1. The van der Waals surface area contributed by atoms with E-state index >= 15 is 0 Å². The number of anilines is 1. The van der Waals surface area contributed by atoms with Crippen LogP contribution in [0, 0.1) is 6.92 Å². The highest BCUT2D eigenvalue weighted by Gasteiger charge is 2.37. The Morgan fingerprint density at radius 1 is 0.857 bits per heavy atom. The highest BCUT2D eigenvalue weighted by Crippen LogP contribution is 2.34. The summed E-state index contributed by atoms with van der Waals surface area (Å²) in [6.45, 7) is 5.89. The van der Waals surface area contributed by atoms with Crippen LogP contribution in [0.3, 0.4) is 0 Å². The monoisotopic (exact) mass is 733 g/mol. The second-order valence-corrected chi connectivity index (χ2v) is 15.3. The van der Waals surface area contributed by atoms with Crippen molar-refractivity contribution < 1.29 is 31.2 Å². The van der Waals surface area contributed by atoms with Crippen molar-refractivity contribution in [3.05, 3.63) is 129 Å². The lowest BCUT2D eigenvalue weighted by Gasteiger charge is -2.35. The van der Waals surface area contributed by atoms with Gasteiger partial charge in [0.1, 0.15) is 12.6 Å². The van der Waals surface area contributed by atoms with Gasteiger partial charge in [-0.2, -0.15) is 13.2 Å². The molecule has 0 bridgehead atoms. The molecule has 4 rings (SSSR count). The Kier molecular flexibility index (Phi) is 11.7. The molecule has 1 N–H and O–H groups in total. The average molecular weight is 735 g/mol.